The van der Waals surface area contributed by atoms with E-state index in [1.807, 2.05) is 50.2 Å². The largest absolute Gasteiger partial charge is 0.489 e. The van der Waals surface area contributed by atoms with Crippen molar-refractivity contribution in [2.24, 2.45) is 5.92 Å². The predicted molar refractivity (Wildman–Crippen MR) is 133 cm³/mol. The number of methoxy groups -OCH3 is 1. The molecule has 3 aromatic carbocycles. The first-order chi connectivity index (χ1) is 16.3. The summed E-state index contributed by atoms with van der Waals surface area (Å²) in [6, 6.07) is 18.6. The fourth-order valence-corrected chi connectivity index (χ4v) is 3.68. The fraction of sp³-hybridized carbons (Fsp3) is 0.310. The van der Waals surface area contributed by atoms with Crippen LogP contribution in [0.1, 0.15) is 63.2 Å². The first-order valence-electron chi connectivity index (χ1n) is 11.4. The first kappa shape index (κ1) is 25.0. The summed E-state index contributed by atoms with van der Waals surface area (Å²) in [6.07, 6.45) is 0.546. The quantitative estimate of drug-likeness (QED) is 0.256. The number of Topliss-reactive ketones (excluding diaryl/α,β-unsaturated/α-hetero) is 1. The molecule has 0 fully saturated rings. The van der Waals surface area contributed by atoms with Crippen molar-refractivity contribution in [1.82, 2.24) is 0 Å². The zero-order chi connectivity index (χ0) is 24.7. The lowest BCUT2D eigenvalue weighted by Crippen LogP contribution is -2.07. The molecular weight excluding hydrogens is 428 g/mol. The zero-order valence-corrected chi connectivity index (χ0v) is 20.5. The molecule has 0 aromatic heterocycles. The molecule has 0 radical (unpaired) electrons. The topological polar surface area (TPSA) is 61.8 Å². The van der Waals surface area contributed by atoms with Crippen molar-refractivity contribution in [3.63, 3.8) is 0 Å². The van der Waals surface area contributed by atoms with E-state index in [1.165, 1.54) is 7.11 Å². The molecule has 0 bridgehead atoms. The van der Waals surface area contributed by atoms with E-state index in [4.69, 9.17) is 14.2 Å². The van der Waals surface area contributed by atoms with Gasteiger partial charge in [-0.2, -0.15) is 0 Å². The summed E-state index contributed by atoms with van der Waals surface area (Å²) >= 11 is 0. The van der Waals surface area contributed by atoms with Crippen molar-refractivity contribution >= 4 is 11.8 Å². The van der Waals surface area contributed by atoms with Crippen molar-refractivity contribution < 1.29 is 23.8 Å². The molecule has 0 N–H and O–H groups in total. The molecule has 3 rings (SSSR count). The Hall–Kier alpha value is -3.60. The van der Waals surface area contributed by atoms with Crippen LogP contribution >= 0.6 is 0 Å². The standard InChI is InChI=1S/C29H32O5/c1-19(2)15-27(30)26-13-14-28(21(4)20(26)3)34-18-23-8-6-7-22(16-23)17-33-25-11-9-24(10-12-25)29(31)32-5/h6-14,16,19H,15,17-18H2,1-5H3. The van der Waals surface area contributed by atoms with Crippen molar-refractivity contribution in [2.45, 2.75) is 47.3 Å². The summed E-state index contributed by atoms with van der Waals surface area (Å²) in [7, 11) is 1.36. The van der Waals surface area contributed by atoms with Crippen LogP contribution < -0.4 is 9.47 Å². The summed E-state index contributed by atoms with van der Waals surface area (Å²) in [6.45, 7) is 8.89. The minimum Gasteiger partial charge on any atom is -0.489 e. The third kappa shape index (κ3) is 6.47. The highest BCUT2D eigenvalue weighted by atomic mass is 16.5. The van der Waals surface area contributed by atoms with Crippen LogP contribution in [0.2, 0.25) is 0 Å². The Balaban J connectivity index is 1.61. The van der Waals surface area contributed by atoms with Gasteiger partial charge in [0, 0.05) is 12.0 Å². The SMILES string of the molecule is COC(=O)c1ccc(OCc2cccc(COc3ccc(C(=O)CC(C)C)c(C)c3C)c2)cc1. The number of carbonyl (C=O) groups is 2. The Labute approximate surface area is 201 Å². The number of carbonyl (C=O) groups excluding carboxylic acids is 2. The second-order valence-electron chi connectivity index (χ2n) is 8.80. The van der Waals surface area contributed by atoms with E-state index in [2.05, 4.69) is 13.8 Å². The Morgan fingerprint density at radius 2 is 1.47 bits per heavy atom. The van der Waals surface area contributed by atoms with Crippen LogP contribution in [0.3, 0.4) is 0 Å². The van der Waals surface area contributed by atoms with E-state index in [1.54, 1.807) is 24.3 Å². The minimum atomic E-state index is -0.374. The van der Waals surface area contributed by atoms with Crippen LogP contribution in [0.5, 0.6) is 11.5 Å². The highest BCUT2D eigenvalue weighted by Gasteiger charge is 2.15. The highest BCUT2D eigenvalue weighted by molar-refractivity contribution is 5.98. The fourth-order valence-electron chi connectivity index (χ4n) is 3.68. The van der Waals surface area contributed by atoms with Crippen LogP contribution in [0.15, 0.2) is 60.7 Å². The maximum Gasteiger partial charge on any atom is 0.337 e. The average Bonchev–Trinajstić information content (AvgIpc) is 2.83. The molecule has 0 atom stereocenters. The summed E-state index contributed by atoms with van der Waals surface area (Å²) < 4.78 is 16.6. The van der Waals surface area contributed by atoms with E-state index < -0.39 is 0 Å². The van der Waals surface area contributed by atoms with Crippen LogP contribution in [-0.4, -0.2) is 18.9 Å². The van der Waals surface area contributed by atoms with Gasteiger partial charge < -0.3 is 14.2 Å². The number of ether oxygens (including phenoxy) is 3. The van der Waals surface area contributed by atoms with Gasteiger partial charge in [0.05, 0.1) is 12.7 Å². The van der Waals surface area contributed by atoms with Crippen LogP contribution in [0.4, 0.5) is 0 Å². The van der Waals surface area contributed by atoms with Gasteiger partial charge in [-0.25, -0.2) is 4.79 Å². The molecule has 178 valence electrons. The lowest BCUT2D eigenvalue weighted by atomic mass is 9.95. The van der Waals surface area contributed by atoms with Crippen LogP contribution in [-0.2, 0) is 18.0 Å². The molecular formula is C29H32O5. The van der Waals surface area contributed by atoms with Crippen molar-refractivity contribution in [3.8, 4) is 11.5 Å². The number of rotatable bonds is 10. The molecule has 0 saturated carbocycles. The summed E-state index contributed by atoms with van der Waals surface area (Å²) in [4.78, 5) is 24.0. The maximum atomic E-state index is 12.5. The monoisotopic (exact) mass is 460 g/mol. The molecule has 34 heavy (non-hydrogen) atoms. The van der Waals surface area contributed by atoms with Gasteiger partial charge >= 0.3 is 5.97 Å². The molecule has 0 aliphatic heterocycles. The summed E-state index contributed by atoms with van der Waals surface area (Å²) in [5.74, 6) is 1.59. The minimum absolute atomic E-state index is 0.176. The predicted octanol–water partition coefficient (Wildman–Crippen LogP) is 6.48. The Morgan fingerprint density at radius 1 is 0.824 bits per heavy atom. The number of hydrogen-bond acceptors (Lipinski definition) is 5. The van der Waals surface area contributed by atoms with Gasteiger partial charge in [0.2, 0.25) is 0 Å². The van der Waals surface area contributed by atoms with E-state index in [0.717, 1.165) is 33.6 Å². The third-order valence-electron chi connectivity index (χ3n) is 5.70. The van der Waals surface area contributed by atoms with Gasteiger partial charge in [0.1, 0.15) is 24.7 Å². The highest BCUT2D eigenvalue weighted by Crippen LogP contribution is 2.27. The molecule has 0 unspecified atom stereocenters. The summed E-state index contributed by atoms with van der Waals surface area (Å²) in [5, 5.41) is 0. The third-order valence-corrected chi connectivity index (χ3v) is 5.70. The lowest BCUT2D eigenvalue weighted by molar-refractivity contribution is 0.0600. The average molecular weight is 461 g/mol. The summed E-state index contributed by atoms with van der Waals surface area (Å²) in [5.41, 5.74) is 5.27. The molecule has 5 heteroatoms. The molecule has 3 aromatic rings. The lowest BCUT2D eigenvalue weighted by Gasteiger charge is -2.15. The smallest absolute Gasteiger partial charge is 0.337 e. The van der Waals surface area contributed by atoms with E-state index in [0.29, 0.717) is 36.9 Å². The maximum absolute atomic E-state index is 12.5. The normalized spacial score (nSPS) is 10.8. The van der Waals surface area contributed by atoms with Gasteiger partial charge in [-0.1, -0.05) is 32.0 Å². The van der Waals surface area contributed by atoms with Gasteiger partial charge in [-0.3, -0.25) is 4.79 Å². The number of hydrogen-bond donors (Lipinski definition) is 0. The molecule has 0 aliphatic rings. The molecule has 0 spiro atoms. The first-order valence-corrected chi connectivity index (χ1v) is 11.4. The van der Waals surface area contributed by atoms with Gasteiger partial charge in [0.25, 0.3) is 0 Å². The number of esters is 1. The van der Waals surface area contributed by atoms with Gasteiger partial charge in [-0.15, -0.1) is 0 Å². The van der Waals surface area contributed by atoms with Crippen molar-refractivity contribution in [3.05, 3.63) is 94.0 Å². The Bertz CT molecular complexity index is 1150. The van der Waals surface area contributed by atoms with Crippen molar-refractivity contribution in [1.29, 1.82) is 0 Å². The van der Waals surface area contributed by atoms with Gasteiger partial charge in [-0.05, 0) is 84.5 Å². The number of ketones is 1. The molecule has 0 amide bonds. The van der Waals surface area contributed by atoms with E-state index >= 15 is 0 Å². The van der Waals surface area contributed by atoms with E-state index in [-0.39, 0.29) is 11.8 Å². The number of benzene rings is 3. The zero-order valence-electron chi connectivity index (χ0n) is 20.5. The molecule has 0 heterocycles. The van der Waals surface area contributed by atoms with E-state index in [9.17, 15) is 9.59 Å². The van der Waals surface area contributed by atoms with Crippen LogP contribution in [0.25, 0.3) is 0 Å². The molecule has 0 aliphatic carbocycles. The molecule has 5 nitrogen and oxygen atoms in total. The Kier molecular flexibility index (Phi) is 8.47. The second-order valence-corrected chi connectivity index (χ2v) is 8.80. The Morgan fingerprint density at radius 3 is 2.09 bits per heavy atom. The molecule has 0 saturated heterocycles. The van der Waals surface area contributed by atoms with Crippen molar-refractivity contribution in [2.75, 3.05) is 7.11 Å². The van der Waals surface area contributed by atoms with Crippen LogP contribution in [0, 0.1) is 19.8 Å². The second kappa shape index (κ2) is 11.5. The van der Waals surface area contributed by atoms with Gasteiger partial charge in [0.15, 0.2) is 5.78 Å².